The molecule has 4 heteroatoms. The Hall–Kier alpha value is -2.07. The minimum Gasteiger partial charge on any atom is -0.497 e. The van der Waals surface area contributed by atoms with Crippen LogP contribution in [-0.4, -0.2) is 12.1 Å². The second-order valence-corrected chi connectivity index (χ2v) is 5.39. The van der Waals surface area contributed by atoms with Gasteiger partial charge in [0.1, 0.15) is 10.8 Å². The smallest absolute Gasteiger partial charge is 0.124 e. The van der Waals surface area contributed by atoms with Crippen molar-refractivity contribution in [1.82, 2.24) is 4.98 Å². The molecule has 2 rings (SSSR count). The molecular formula is C16H18N2OS. The maximum Gasteiger partial charge on any atom is 0.124 e. The lowest BCUT2D eigenvalue weighted by Crippen LogP contribution is -1.87. The molecule has 0 bridgehead atoms. The molecule has 0 atom stereocenters. The minimum atomic E-state index is 0.617. The monoisotopic (exact) mass is 286 g/mol. The molecular weight excluding hydrogens is 268 g/mol. The third-order valence-corrected chi connectivity index (χ3v) is 4.36. The third-order valence-electron chi connectivity index (χ3n) is 3.12. The van der Waals surface area contributed by atoms with Gasteiger partial charge in [0.05, 0.1) is 17.3 Å². The third kappa shape index (κ3) is 2.75. The summed E-state index contributed by atoms with van der Waals surface area (Å²) in [5.74, 6) is 0.617. The van der Waals surface area contributed by atoms with Crippen LogP contribution in [-0.2, 0) is 4.74 Å². The Morgan fingerprint density at radius 2 is 2.15 bits per heavy atom. The van der Waals surface area contributed by atoms with Gasteiger partial charge in [-0.1, -0.05) is 12.7 Å². The van der Waals surface area contributed by atoms with Crippen LogP contribution in [0.4, 0.5) is 5.69 Å². The second-order valence-electron chi connectivity index (χ2n) is 4.39. The van der Waals surface area contributed by atoms with Crippen LogP contribution < -0.4 is 5.73 Å². The van der Waals surface area contributed by atoms with E-state index in [-0.39, 0.29) is 0 Å². The fraction of sp³-hybridized carbons (Fsp3) is 0.188. The van der Waals surface area contributed by atoms with Crippen molar-refractivity contribution in [3.63, 3.8) is 0 Å². The Labute approximate surface area is 123 Å². The zero-order valence-electron chi connectivity index (χ0n) is 11.9. The van der Waals surface area contributed by atoms with Crippen LogP contribution in [0.2, 0.25) is 0 Å². The van der Waals surface area contributed by atoms with Crippen LogP contribution in [0.5, 0.6) is 0 Å². The predicted molar refractivity (Wildman–Crippen MR) is 87.7 cm³/mol. The van der Waals surface area contributed by atoms with E-state index >= 15 is 0 Å². The Morgan fingerprint density at radius 1 is 1.40 bits per heavy atom. The molecule has 0 amide bonds. The van der Waals surface area contributed by atoms with E-state index in [1.165, 1.54) is 0 Å². The number of ether oxygens (including phenoxy) is 1. The number of aromatic nitrogens is 1. The summed E-state index contributed by atoms with van der Waals surface area (Å²) >= 11 is 1.65. The van der Waals surface area contributed by atoms with Crippen LogP contribution in [0.25, 0.3) is 15.8 Å². The molecule has 0 fully saturated rings. The van der Waals surface area contributed by atoms with Gasteiger partial charge >= 0.3 is 0 Å². The predicted octanol–water partition coefficient (Wildman–Crippen LogP) is 4.31. The lowest BCUT2D eigenvalue weighted by molar-refractivity contribution is 0.309. The van der Waals surface area contributed by atoms with Crippen LogP contribution in [0.15, 0.2) is 42.7 Å². The number of thiazole rings is 1. The minimum absolute atomic E-state index is 0.617. The number of anilines is 1. The molecule has 0 aliphatic rings. The van der Waals surface area contributed by atoms with E-state index in [4.69, 9.17) is 10.5 Å². The number of allylic oxidation sites excluding steroid dienone is 4. The Balaban J connectivity index is 2.44. The highest BCUT2D eigenvalue weighted by molar-refractivity contribution is 7.19. The van der Waals surface area contributed by atoms with Crippen LogP contribution in [0.3, 0.4) is 0 Å². The summed E-state index contributed by atoms with van der Waals surface area (Å²) in [6.07, 6.45) is 5.82. The van der Waals surface area contributed by atoms with Crippen LogP contribution in [0.1, 0.15) is 17.5 Å². The van der Waals surface area contributed by atoms with E-state index in [9.17, 15) is 0 Å². The number of benzene rings is 1. The zero-order chi connectivity index (χ0) is 14.7. The SMILES string of the molecule is C=C(/C=C\C(=C/C)c1nc2ccc(N)c(C)c2s1)OC. The van der Waals surface area contributed by atoms with Gasteiger partial charge in [-0.05, 0) is 43.7 Å². The quantitative estimate of drug-likeness (QED) is 0.517. The maximum atomic E-state index is 5.94. The molecule has 2 N–H and O–H groups in total. The number of nitrogens with zero attached hydrogens (tertiary/aromatic N) is 1. The Bertz CT molecular complexity index is 711. The van der Waals surface area contributed by atoms with Crippen molar-refractivity contribution in [2.75, 3.05) is 12.8 Å². The molecule has 0 unspecified atom stereocenters. The fourth-order valence-corrected chi connectivity index (χ4v) is 2.93. The molecule has 1 heterocycles. The molecule has 2 aromatic rings. The summed E-state index contributed by atoms with van der Waals surface area (Å²) in [6.45, 7) is 7.79. The van der Waals surface area contributed by atoms with Crippen molar-refractivity contribution >= 4 is 32.8 Å². The molecule has 0 aliphatic carbocycles. The van der Waals surface area contributed by atoms with Crippen molar-refractivity contribution in [2.45, 2.75) is 13.8 Å². The van der Waals surface area contributed by atoms with E-state index in [1.807, 2.05) is 44.2 Å². The van der Waals surface area contributed by atoms with Gasteiger partial charge in [-0.2, -0.15) is 0 Å². The van der Waals surface area contributed by atoms with Gasteiger partial charge in [0.15, 0.2) is 0 Å². The first kappa shape index (κ1) is 14.3. The number of hydrogen-bond acceptors (Lipinski definition) is 4. The van der Waals surface area contributed by atoms with Crippen molar-refractivity contribution in [1.29, 1.82) is 0 Å². The summed E-state index contributed by atoms with van der Waals surface area (Å²) in [5, 5.41) is 0.969. The van der Waals surface area contributed by atoms with Gasteiger partial charge in [0, 0.05) is 11.3 Å². The summed E-state index contributed by atoms with van der Waals surface area (Å²) < 4.78 is 6.17. The van der Waals surface area contributed by atoms with Crippen molar-refractivity contribution < 1.29 is 4.74 Å². The number of hydrogen-bond donors (Lipinski definition) is 1. The van der Waals surface area contributed by atoms with Crippen molar-refractivity contribution in [2.24, 2.45) is 0 Å². The highest BCUT2D eigenvalue weighted by atomic mass is 32.1. The van der Waals surface area contributed by atoms with Crippen molar-refractivity contribution in [3.8, 4) is 0 Å². The molecule has 104 valence electrons. The Morgan fingerprint density at radius 3 is 2.80 bits per heavy atom. The molecule has 0 saturated heterocycles. The van der Waals surface area contributed by atoms with E-state index in [1.54, 1.807) is 18.4 Å². The highest BCUT2D eigenvalue weighted by Gasteiger charge is 2.09. The van der Waals surface area contributed by atoms with Gasteiger partial charge in [0.2, 0.25) is 0 Å². The first-order valence-corrected chi connectivity index (χ1v) is 7.11. The normalized spacial score (nSPS) is 12.2. The number of aryl methyl sites for hydroxylation is 1. The summed E-state index contributed by atoms with van der Waals surface area (Å²) in [7, 11) is 1.60. The van der Waals surface area contributed by atoms with E-state index < -0.39 is 0 Å². The van der Waals surface area contributed by atoms with Gasteiger partial charge in [-0.25, -0.2) is 4.98 Å². The molecule has 1 aromatic heterocycles. The first-order valence-electron chi connectivity index (χ1n) is 6.30. The average molecular weight is 286 g/mol. The number of rotatable bonds is 4. The standard InChI is InChI=1S/C16H18N2OS/c1-5-12(7-6-10(2)19-4)16-18-14-9-8-13(17)11(3)15(14)20-16/h5-9H,2,17H2,1,3-4H3/b7-6-,12-5+. The largest absolute Gasteiger partial charge is 0.497 e. The molecule has 0 radical (unpaired) electrons. The molecule has 0 aliphatic heterocycles. The molecule has 20 heavy (non-hydrogen) atoms. The van der Waals surface area contributed by atoms with Gasteiger partial charge in [0.25, 0.3) is 0 Å². The fourth-order valence-electron chi connectivity index (χ4n) is 1.80. The van der Waals surface area contributed by atoms with Crippen LogP contribution >= 0.6 is 11.3 Å². The second kappa shape index (κ2) is 5.92. The topological polar surface area (TPSA) is 48.1 Å². The number of nitrogens with two attached hydrogens (primary N) is 1. The van der Waals surface area contributed by atoms with E-state index in [0.717, 1.165) is 32.0 Å². The molecule has 0 saturated carbocycles. The Kier molecular flexibility index (Phi) is 4.25. The average Bonchev–Trinajstić information content (AvgIpc) is 2.88. The molecule has 3 nitrogen and oxygen atoms in total. The highest BCUT2D eigenvalue weighted by Crippen LogP contribution is 2.32. The summed E-state index contributed by atoms with van der Waals surface area (Å²) in [4.78, 5) is 4.66. The molecule has 0 spiro atoms. The van der Waals surface area contributed by atoms with Crippen LogP contribution in [0, 0.1) is 6.92 Å². The molecule has 1 aromatic carbocycles. The van der Waals surface area contributed by atoms with Gasteiger partial charge in [-0.15, -0.1) is 11.3 Å². The summed E-state index contributed by atoms with van der Waals surface area (Å²) in [6, 6.07) is 3.86. The zero-order valence-corrected chi connectivity index (χ0v) is 12.8. The lowest BCUT2D eigenvalue weighted by atomic mass is 10.2. The van der Waals surface area contributed by atoms with Gasteiger partial charge < -0.3 is 10.5 Å². The number of nitrogen functional groups attached to an aromatic ring is 1. The number of fused-ring (bicyclic) bond motifs is 1. The van der Waals surface area contributed by atoms with E-state index in [2.05, 4.69) is 11.6 Å². The van der Waals surface area contributed by atoms with Gasteiger partial charge in [-0.3, -0.25) is 0 Å². The lowest BCUT2D eigenvalue weighted by Gasteiger charge is -1.98. The number of methoxy groups -OCH3 is 1. The first-order chi connectivity index (χ1) is 9.56. The van der Waals surface area contributed by atoms with Crippen molar-refractivity contribution in [3.05, 3.63) is 53.3 Å². The van der Waals surface area contributed by atoms with E-state index in [0.29, 0.717) is 5.76 Å². The maximum absolute atomic E-state index is 5.94. The summed E-state index contributed by atoms with van der Waals surface area (Å²) in [5.41, 5.74) is 9.86.